The van der Waals surface area contributed by atoms with Gasteiger partial charge in [-0.25, -0.2) is 5.21 Å². The van der Waals surface area contributed by atoms with E-state index < -0.39 is 4.81 Å². The van der Waals surface area contributed by atoms with Gasteiger partial charge in [0.25, 0.3) is 0 Å². The van der Waals surface area contributed by atoms with Gasteiger partial charge < -0.3 is 5.21 Å². The molecule has 3 nitrogen and oxygen atoms in total. The van der Waals surface area contributed by atoms with E-state index in [9.17, 15) is 5.21 Å². The van der Waals surface area contributed by atoms with Gasteiger partial charge in [-0.15, -0.1) is 0 Å². The Morgan fingerprint density at radius 3 is 1.86 bits per heavy atom. The average molecular weight is 99.1 g/mol. The zero-order valence-corrected chi connectivity index (χ0v) is 3.61. The minimum atomic E-state index is -1.36. The van der Waals surface area contributed by atoms with E-state index in [0.29, 0.717) is 0 Å². The van der Waals surface area contributed by atoms with Crippen LogP contribution in [-0.2, 0) is 0 Å². The molecule has 0 aliphatic carbocycles. The Balaban J connectivity index is 2.77. The molecule has 1 heterocycles. The lowest BCUT2D eigenvalue weighted by Crippen LogP contribution is -2.21. The quantitative estimate of drug-likeness (QED) is 0.359. The summed E-state index contributed by atoms with van der Waals surface area (Å²) in [5, 5.41) is 18.6. The third-order valence-corrected chi connectivity index (χ3v) is 0.710. The first kappa shape index (κ1) is 4.52. The predicted octanol–water partition coefficient (Wildman–Crippen LogP) is 0.731. The van der Waals surface area contributed by atoms with Gasteiger partial charge in [0, 0.05) is 12.2 Å². The van der Waals surface area contributed by atoms with Crippen LogP contribution in [0.1, 0.15) is 0 Å². The Labute approximate surface area is 40.9 Å². The first-order chi connectivity index (χ1) is 3.21. The molecule has 0 saturated carbocycles. The van der Waals surface area contributed by atoms with Crippen LogP contribution in [0.5, 0.6) is 0 Å². The molecule has 7 heavy (non-hydrogen) atoms. The summed E-state index contributed by atoms with van der Waals surface area (Å²) in [7, 11) is 0. The number of nitrogens with zero attached hydrogens (tertiary/aromatic N) is 1. The minimum Gasteiger partial charge on any atom is -0.589 e. The van der Waals surface area contributed by atoms with E-state index in [4.69, 9.17) is 5.21 Å². The fourth-order valence-corrected chi connectivity index (χ4v) is 0.396. The molecule has 0 fully saturated rings. The van der Waals surface area contributed by atoms with Crippen LogP contribution in [0.3, 0.4) is 0 Å². The van der Waals surface area contributed by atoms with Crippen molar-refractivity contribution in [2.45, 2.75) is 0 Å². The van der Waals surface area contributed by atoms with Gasteiger partial charge in [0.15, 0.2) is 0 Å². The predicted molar refractivity (Wildman–Crippen MR) is 23.7 cm³/mol. The SMILES string of the molecule is [O-][N+]1(O)C=CC=C1. The van der Waals surface area contributed by atoms with Crippen LogP contribution in [0.15, 0.2) is 24.6 Å². The molecule has 1 rings (SSSR count). The highest BCUT2D eigenvalue weighted by molar-refractivity contribution is 5.02. The molecular weight excluding hydrogens is 94.0 g/mol. The van der Waals surface area contributed by atoms with Crippen molar-refractivity contribution in [3.8, 4) is 0 Å². The number of quaternary nitrogens is 1. The molecule has 1 aliphatic rings. The summed E-state index contributed by atoms with van der Waals surface area (Å²) in [6, 6.07) is 0. The molecule has 0 aromatic rings. The summed E-state index contributed by atoms with van der Waals surface area (Å²) in [6.07, 6.45) is 5.24. The molecular formula is C4H5NO2. The Hall–Kier alpha value is -0.640. The smallest absolute Gasteiger partial charge is 0.134 e. The lowest BCUT2D eigenvalue weighted by Gasteiger charge is -2.20. The first-order valence-electron chi connectivity index (χ1n) is 1.90. The van der Waals surface area contributed by atoms with Gasteiger partial charge in [0.1, 0.15) is 12.4 Å². The van der Waals surface area contributed by atoms with Crippen molar-refractivity contribution >= 4 is 0 Å². The number of hydrogen-bond acceptors (Lipinski definition) is 2. The zero-order valence-electron chi connectivity index (χ0n) is 3.61. The summed E-state index contributed by atoms with van der Waals surface area (Å²) >= 11 is 0. The lowest BCUT2D eigenvalue weighted by molar-refractivity contribution is -0.978. The van der Waals surface area contributed by atoms with Gasteiger partial charge in [-0.2, -0.15) is 4.81 Å². The van der Waals surface area contributed by atoms with Crippen molar-refractivity contribution in [1.29, 1.82) is 0 Å². The third kappa shape index (κ3) is 0.866. The highest BCUT2D eigenvalue weighted by Crippen LogP contribution is 2.06. The Bertz CT molecular complexity index is 112. The second kappa shape index (κ2) is 1.16. The van der Waals surface area contributed by atoms with Crippen molar-refractivity contribution < 1.29 is 10.0 Å². The van der Waals surface area contributed by atoms with Crippen LogP contribution in [0.25, 0.3) is 0 Å². The first-order valence-corrected chi connectivity index (χ1v) is 1.90. The summed E-state index contributed by atoms with van der Waals surface area (Å²) < 4.78 is 0. The van der Waals surface area contributed by atoms with Gasteiger partial charge in [-0.05, 0) is 0 Å². The number of rotatable bonds is 0. The molecule has 0 aromatic carbocycles. The second-order valence-electron chi connectivity index (χ2n) is 1.36. The lowest BCUT2D eigenvalue weighted by atomic mass is 10.6. The number of hydrogen-bond donors (Lipinski definition) is 1. The van der Waals surface area contributed by atoms with Crippen LogP contribution in [0.4, 0.5) is 0 Å². The van der Waals surface area contributed by atoms with Crippen LogP contribution in [0, 0.1) is 5.21 Å². The summed E-state index contributed by atoms with van der Waals surface area (Å²) in [5.41, 5.74) is 0. The second-order valence-corrected chi connectivity index (χ2v) is 1.36. The van der Waals surface area contributed by atoms with E-state index in [1.165, 1.54) is 12.2 Å². The number of hydroxylamine groups is 4. The Kier molecular flexibility index (Phi) is 0.751. The molecule has 1 N–H and O–H groups in total. The Morgan fingerprint density at radius 1 is 1.29 bits per heavy atom. The molecule has 0 atom stereocenters. The molecule has 0 bridgehead atoms. The van der Waals surface area contributed by atoms with Gasteiger partial charge in [-0.3, -0.25) is 0 Å². The maximum atomic E-state index is 10.2. The fraction of sp³-hybridized carbons (Fsp3) is 0. The molecule has 0 aromatic heterocycles. The highest BCUT2D eigenvalue weighted by Gasteiger charge is 2.05. The molecule has 1 aliphatic heterocycles. The molecule has 0 amide bonds. The van der Waals surface area contributed by atoms with E-state index in [2.05, 4.69) is 0 Å². The van der Waals surface area contributed by atoms with E-state index in [1.807, 2.05) is 0 Å². The largest absolute Gasteiger partial charge is 0.589 e. The standard InChI is InChI=1S/C4H5NO2/c6-5(7)3-1-2-4-5/h1-4,6H. The number of allylic oxidation sites excluding steroid dienone is 2. The maximum absolute atomic E-state index is 10.2. The van der Waals surface area contributed by atoms with Gasteiger partial charge in [-0.1, -0.05) is 0 Å². The monoisotopic (exact) mass is 99.0 g/mol. The van der Waals surface area contributed by atoms with E-state index >= 15 is 0 Å². The molecule has 38 valence electrons. The average Bonchev–Trinajstić information content (AvgIpc) is 1.84. The Morgan fingerprint density at radius 2 is 1.71 bits per heavy atom. The summed E-state index contributed by atoms with van der Waals surface area (Å²) in [6.45, 7) is 0. The van der Waals surface area contributed by atoms with E-state index in [-0.39, 0.29) is 0 Å². The van der Waals surface area contributed by atoms with Gasteiger partial charge in [0.05, 0.1) is 0 Å². The normalized spacial score (nSPS) is 23.7. The van der Waals surface area contributed by atoms with Crippen LogP contribution in [0.2, 0.25) is 0 Å². The molecule has 0 spiro atoms. The van der Waals surface area contributed by atoms with Crippen LogP contribution in [-0.4, -0.2) is 10.0 Å². The van der Waals surface area contributed by atoms with Crippen molar-refractivity contribution in [2.24, 2.45) is 0 Å². The third-order valence-electron chi connectivity index (χ3n) is 0.710. The molecule has 0 unspecified atom stereocenters. The fourth-order valence-electron chi connectivity index (χ4n) is 0.396. The maximum Gasteiger partial charge on any atom is 0.134 e. The summed E-state index contributed by atoms with van der Waals surface area (Å²) in [4.78, 5) is -1.36. The summed E-state index contributed by atoms with van der Waals surface area (Å²) in [5.74, 6) is 0. The van der Waals surface area contributed by atoms with E-state index in [0.717, 1.165) is 12.4 Å². The highest BCUT2D eigenvalue weighted by atomic mass is 16.8. The molecule has 0 saturated heterocycles. The topological polar surface area (TPSA) is 43.3 Å². The zero-order chi connectivity index (χ0) is 5.33. The van der Waals surface area contributed by atoms with Crippen LogP contribution < -0.4 is 0 Å². The van der Waals surface area contributed by atoms with Gasteiger partial charge >= 0.3 is 0 Å². The minimum absolute atomic E-state index is 1.12. The van der Waals surface area contributed by atoms with Crippen molar-refractivity contribution in [2.75, 3.05) is 0 Å². The molecule has 0 radical (unpaired) electrons. The molecule has 3 heteroatoms. The van der Waals surface area contributed by atoms with Gasteiger partial charge in [0.2, 0.25) is 0 Å². The van der Waals surface area contributed by atoms with Crippen LogP contribution >= 0.6 is 0 Å². The van der Waals surface area contributed by atoms with E-state index in [1.54, 1.807) is 0 Å². The van der Waals surface area contributed by atoms with Crippen molar-refractivity contribution in [3.05, 3.63) is 29.8 Å². The van der Waals surface area contributed by atoms with Crippen molar-refractivity contribution in [1.82, 2.24) is 0 Å². The van der Waals surface area contributed by atoms with Crippen molar-refractivity contribution in [3.63, 3.8) is 0 Å².